The van der Waals surface area contributed by atoms with Gasteiger partial charge in [0.15, 0.2) is 4.80 Å². The molecule has 0 radical (unpaired) electrons. The van der Waals surface area contributed by atoms with Gasteiger partial charge in [-0.25, -0.2) is 0 Å². The van der Waals surface area contributed by atoms with Gasteiger partial charge in [-0.1, -0.05) is 32.4 Å². The van der Waals surface area contributed by atoms with Crippen LogP contribution in [-0.4, -0.2) is 28.8 Å². The lowest BCUT2D eigenvalue weighted by Crippen LogP contribution is -2.19. The van der Waals surface area contributed by atoms with Crippen LogP contribution in [-0.2, 0) is 11.3 Å². The number of ether oxygens (including phenoxy) is 1. The Hall–Kier alpha value is -1.77. The van der Waals surface area contributed by atoms with Crippen molar-refractivity contribution in [3.63, 3.8) is 0 Å². The van der Waals surface area contributed by atoms with Crippen molar-refractivity contribution in [3.8, 4) is 0 Å². The van der Waals surface area contributed by atoms with Crippen LogP contribution in [0.25, 0.3) is 10.2 Å². The van der Waals surface area contributed by atoms with Crippen LogP contribution in [0.1, 0.15) is 23.2 Å². The summed E-state index contributed by atoms with van der Waals surface area (Å²) in [5, 5.41) is 3.73. The summed E-state index contributed by atoms with van der Waals surface area (Å²) in [5.74, 6) is -0.297. The van der Waals surface area contributed by atoms with Crippen molar-refractivity contribution in [2.24, 2.45) is 4.99 Å². The molecule has 0 N–H and O–H groups in total. The van der Waals surface area contributed by atoms with Crippen LogP contribution in [0.5, 0.6) is 0 Å². The lowest BCUT2D eigenvalue weighted by atomic mass is 10.3. The average Bonchev–Trinajstić information content (AvgIpc) is 3.11. The predicted molar refractivity (Wildman–Crippen MR) is 95.1 cm³/mol. The Bertz CT molecular complexity index is 942. The van der Waals surface area contributed by atoms with Gasteiger partial charge in [0.25, 0.3) is 0 Å². The fourth-order valence-electron chi connectivity index (χ4n) is 2.25. The van der Waals surface area contributed by atoms with E-state index in [0.717, 1.165) is 14.7 Å². The largest absolute Gasteiger partial charge is 0.380 e. The highest BCUT2D eigenvalue weighted by Gasteiger charge is 2.13. The van der Waals surface area contributed by atoms with Crippen molar-refractivity contribution in [1.82, 2.24) is 9.72 Å². The van der Waals surface area contributed by atoms with E-state index in [4.69, 9.17) is 9.26 Å². The highest BCUT2D eigenvalue weighted by atomic mass is 79.9. The molecule has 0 unspecified atom stereocenters. The Morgan fingerprint density at radius 2 is 2.29 bits per heavy atom. The molecule has 1 amide bonds. The van der Waals surface area contributed by atoms with E-state index in [9.17, 15) is 4.79 Å². The first-order valence-corrected chi connectivity index (χ1v) is 9.08. The molecule has 2 heterocycles. The molecule has 0 atom stereocenters. The smallest absolute Gasteiger partial charge is 0.318 e. The lowest BCUT2D eigenvalue weighted by molar-refractivity contribution is 0.0961. The van der Waals surface area contributed by atoms with Crippen LogP contribution in [0.15, 0.2) is 38.3 Å². The zero-order valence-electron chi connectivity index (χ0n) is 13.3. The Labute approximate surface area is 150 Å². The number of halogens is 1. The number of hydrogen-bond donors (Lipinski definition) is 0. The van der Waals surface area contributed by atoms with Crippen LogP contribution in [0, 0.1) is 6.92 Å². The Kier molecular flexibility index (Phi) is 5.27. The molecular weight excluding hydrogens is 394 g/mol. The lowest BCUT2D eigenvalue weighted by Gasteiger charge is -2.05. The molecule has 0 aliphatic carbocycles. The van der Waals surface area contributed by atoms with Crippen molar-refractivity contribution in [2.45, 2.75) is 20.4 Å². The molecule has 24 heavy (non-hydrogen) atoms. The number of rotatable bonds is 5. The molecule has 126 valence electrons. The number of fused-ring (bicyclic) bond motifs is 1. The third-order valence-corrected chi connectivity index (χ3v) is 4.88. The van der Waals surface area contributed by atoms with Crippen molar-refractivity contribution in [1.29, 1.82) is 0 Å². The summed E-state index contributed by atoms with van der Waals surface area (Å²) in [6.45, 7) is 5.54. The average molecular weight is 410 g/mol. The summed E-state index contributed by atoms with van der Waals surface area (Å²) in [6.07, 6.45) is 0. The minimum atomic E-state index is -0.439. The monoisotopic (exact) mass is 409 g/mol. The standard InChI is InChI=1S/C16H16BrN3O3S/c1-3-22-7-6-20-12-5-4-11(17)9-14(12)24-16(20)18-15(21)13-8-10(2)19-23-13/h4-5,8-9H,3,6-7H2,1-2H3. The van der Waals surface area contributed by atoms with Gasteiger partial charge in [-0.05, 0) is 32.0 Å². The number of carbonyl (C=O) groups is 1. The second kappa shape index (κ2) is 7.42. The minimum absolute atomic E-state index is 0.141. The summed E-state index contributed by atoms with van der Waals surface area (Å²) in [4.78, 5) is 17.1. The van der Waals surface area contributed by atoms with Gasteiger partial charge in [-0.3, -0.25) is 4.79 Å². The summed E-state index contributed by atoms with van der Waals surface area (Å²) >= 11 is 4.93. The Balaban J connectivity index is 2.06. The van der Waals surface area contributed by atoms with Crippen LogP contribution >= 0.6 is 27.3 Å². The summed E-state index contributed by atoms with van der Waals surface area (Å²) < 4.78 is 14.5. The predicted octanol–water partition coefficient (Wildman–Crippen LogP) is 3.54. The number of benzene rings is 1. The minimum Gasteiger partial charge on any atom is -0.380 e. The number of aromatic nitrogens is 2. The van der Waals surface area contributed by atoms with Crippen molar-refractivity contribution in [3.05, 3.63) is 45.0 Å². The van der Waals surface area contributed by atoms with Gasteiger partial charge in [0.1, 0.15) is 0 Å². The molecule has 0 aliphatic rings. The number of thiazole rings is 1. The molecule has 0 aliphatic heterocycles. The van der Waals surface area contributed by atoms with E-state index in [1.807, 2.05) is 29.7 Å². The summed E-state index contributed by atoms with van der Waals surface area (Å²) in [6, 6.07) is 7.57. The van der Waals surface area contributed by atoms with E-state index in [-0.39, 0.29) is 5.76 Å². The maximum atomic E-state index is 12.3. The first-order valence-electron chi connectivity index (χ1n) is 7.47. The normalized spacial score (nSPS) is 12.2. The molecule has 1 aromatic carbocycles. The second-order valence-electron chi connectivity index (χ2n) is 5.09. The van der Waals surface area contributed by atoms with Crippen LogP contribution in [0.3, 0.4) is 0 Å². The SMILES string of the molecule is CCOCCn1c(=NC(=O)c2cc(C)no2)sc2cc(Br)ccc21. The molecule has 2 aromatic heterocycles. The van der Waals surface area contributed by atoms with E-state index >= 15 is 0 Å². The Morgan fingerprint density at radius 1 is 1.46 bits per heavy atom. The summed E-state index contributed by atoms with van der Waals surface area (Å²) in [7, 11) is 0. The second-order valence-corrected chi connectivity index (χ2v) is 7.02. The maximum Gasteiger partial charge on any atom is 0.318 e. The molecule has 3 rings (SSSR count). The third-order valence-electron chi connectivity index (χ3n) is 3.34. The molecule has 3 aromatic rings. The number of hydrogen-bond acceptors (Lipinski definition) is 5. The quantitative estimate of drug-likeness (QED) is 0.604. The van der Waals surface area contributed by atoms with Gasteiger partial charge in [-0.15, -0.1) is 0 Å². The van der Waals surface area contributed by atoms with E-state index in [1.165, 1.54) is 11.3 Å². The fraction of sp³-hybridized carbons (Fsp3) is 0.312. The van der Waals surface area contributed by atoms with Gasteiger partial charge < -0.3 is 13.8 Å². The highest BCUT2D eigenvalue weighted by Crippen LogP contribution is 2.22. The molecule has 0 saturated heterocycles. The van der Waals surface area contributed by atoms with E-state index in [2.05, 4.69) is 26.1 Å². The molecule has 0 fully saturated rings. The zero-order chi connectivity index (χ0) is 17.1. The fourth-order valence-corrected chi connectivity index (χ4v) is 3.86. The van der Waals surface area contributed by atoms with Gasteiger partial charge in [0, 0.05) is 23.7 Å². The molecular formula is C16H16BrN3O3S. The molecule has 0 bridgehead atoms. The number of aryl methyl sites for hydroxylation is 1. The zero-order valence-corrected chi connectivity index (χ0v) is 15.7. The molecule has 8 heteroatoms. The molecule has 0 spiro atoms. The maximum absolute atomic E-state index is 12.3. The van der Waals surface area contributed by atoms with Crippen molar-refractivity contribution >= 4 is 43.4 Å². The van der Waals surface area contributed by atoms with Gasteiger partial charge in [-0.2, -0.15) is 4.99 Å². The third kappa shape index (κ3) is 3.66. The number of amides is 1. The number of carbonyl (C=O) groups excluding carboxylic acids is 1. The van der Waals surface area contributed by atoms with Crippen LogP contribution < -0.4 is 4.80 Å². The van der Waals surface area contributed by atoms with Crippen molar-refractivity contribution in [2.75, 3.05) is 13.2 Å². The first kappa shape index (κ1) is 17.1. The van der Waals surface area contributed by atoms with E-state index in [0.29, 0.717) is 30.3 Å². The highest BCUT2D eigenvalue weighted by molar-refractivity contribution is 9.10. The van der Waals surface area contributed by atoms with Gasteiger partial charge in [0.2, 0.25) is 5.76 Å². The van der Waals surface area contributed by atoms with Gasteiger partial charge in [0.05, 0.1) is 22.5 Å². The number of nitrogens with zero attached hydrogens (tertiary/aromatic N) is 3. The van der Waals surface area contributed by atoms with Crippen LogP contribution in [0.4, 0.5) is 0 Å². The van der Waals surface area contributed by atoms with E-state index < -0.39 is 5.91 Å². The molecule has 0 saturated carbocycles. The molecule has 6 nitrogen and oxygen atoms in total. The van der Waals surface area contributed by atoms with Crippen molar-refractivity contribution < 1.29 is 14.1 Å². The van der Waals surface area contributed by atoms with Gasteiger partial charge >= 0.3 is 5.91 Å². The first-order chi connectivity index (χ1) is 11.6. The van der Waals surface area contributed by atoms with Crippen LogP contribution in [0.2, 0.25) is 0 Å². The Morgan fingerprint density at radius 3 is 3.00 bits per heavy atom. The van der Waals surface area contributed by atoms with E-state index in [1.54, 1.807) is 13.0 Å². The summed E-state index contributed by atoms with van der Waals surface area (Å²) in [5.41, 5.74) is 1.67. The topological polar surface area (TPSA) is 69.6 Å².